The summed E-state index contributed by atoms with van der Waals surface area (Å²) < 4.78 is 5.77. The molecule has 0 saturated heterocycles. The monoisotopic (exact) mass is 255 g/mol. The molecule has 1 rings (SSSR count). The first-order valence-electron chi connectivity index (χ1n) is 8.02. The van der Waals surface area contributed by atoms with Gasteiger partial charge in [0, 0.05) is 13.2 Å². The van der Waals surface area contributed by atoms with E-state index in [0.717, 1.165) is 18.4 Å². The lowest BCUT2D eigenvalue weighted by atomic mass is 9.75. The van der Waals surface area contributed by atoms with Crippen molar-refractivity contribution in [1.29, 1.82) is 0 Å². The van der Waals surface area contributed by atoms with E-state index in [9.17, 15) is 0 Å². The third-order valence-corrected chi connectivity index (χ3v) is 4.62. The summed E-state index contributed by atoms with van der Waals surface area (Å²) in [6, 6.07) is 0.564. The van der Waals surface area contributed by atoms with E-state index >= 15 is 0 Å². The van der Waals surface area contributed by atoms with Crippen molar-refractivity contribution in [3.05, 3.63) is 0 Å². The molecule has 0 bridgehead atoms. The summed E-state index contributed by atoms with van der Waals surface area (Å²) in [6.07, 6.45) is 9.78. The second-order valence-electron chi connectivity index (χ2n) is 5.85. The Bertz CT molecular complexity index is 207. The van der Waals surface area contributed by atoms with Crippen LogP contribution in [0.25, 0.3) is 0 Å². The molecule has 1 N–H and O–H groups in total. The van der Waals surface area contributed by atoms with Gasteiger partial charge in [0.2, 0.25) is 0 Å². The van der Waals surface area contributed by atoms with Crippen molar-refractivity contribution in [3.63, 3.8) is 0 Å². The zero-order valence-electron chi connectivity index (χ0n) is 12.9. The van der Waals surface area contributed by atoms with Crippen LogP contribution in [0, 0.1) is 11.8 Å². The molecular weight excluding hydrogens is 222 g/mol. The Hall–Kier alpha value is -0.0800. The van der Waals surface area contributed by atoms with Gasteiger partial charge in [0.15, 0.2) is 0 Å². The lowest BCUT2D eigenvalue weighted by molar-refractivity contribution is 0.0280. The summed E-state index contributed by atoms with van der Waals surface area (Å²) in [6.45, 7) is 7.87. The molecule has 0 aromatic carbocycles. The van der Waals surface area contributed by atoms with E-state index in [1.807, 2.05) is 7.11 Å². The number of nitrogens with one attached hydrogen (secondary N) is 1. The van der Waals surface area contributed by atoms with Gasteiger partial charge in [-0.1, -0.05) is 46.5 Å². The van der Waals surface area contributed by atoms with Crippen LogP contribution in [0.5, 0.6) is 0 Å². The Labute approximate surface area is 114 Å². The van der Waals surface area contributed by atoms with Gasteiger partial charge in [0.1, 0.15) is 0 Å². The predicted molar refractivity (Wildman–Crippen MR) is 78.9 cm³/mol. The lowest BCUT2D eigenvalue weighted by Gasteiger charge is -2.38. The van der Waals surface area contributed by atoms with Crippen molar-refractivity contribution in [1.82, 2.24) is 5.32 Å². The van der Waals surface area contributed by atoms with Crippen LogP contribution < -0.4 is 5.32 Å². The van der Waals surface area contributed by atoms with Crippen LogP contribution in [0.4, 0.5) is 0 Å². The molecule has 18 heavy (non-hydrogen) atoms. The minimum atomic E-state index is 0.399. The zero-order valence-corrected chi connectivity index (χ0v) is 12.9. The predicted octanol–water partition coefficient (Wildman–Crippen LogP) is 4.00. The van der Waals surface area contributed by atoms with Crippen LogP contribution in [-0.2, 0) is 4.74 Å². The second kappa shape index (κ2) is 8.92. The molecule has 0 aromatic rings. The topological polar surface area (TPSA) is 21.3 Å². The van der Waals surface area contributed by atoms with Crippen molar-refractivity contribution in [2.24, 2.45) is 11.8 Å². The quantitative estimate of drug-likeness (QED) is 0.708. The maximum absolute atomic E-state index is 5.77. The highest BCUT2D eigenvalue weighted by molar-refractivity contribution is 4.87. The third kappa shape index (κ3) is 4.55. The van der Waals surface area contributed by atoms with Crippen molar-refractivity contribution in [3.8, 4) is 0 Å². The lowest BCUT2D eigenvalue weighted by Crippen LogP contribution is -2.47. The SMILES string of the molecule is CCCC(OC)C(NCC)C1CCCC(CC)C1. The first kappa shape index (κ1) is 16.0. The highest BCUT2D eigenvalue weighted by Crippen LogP contribution is 2.34. The summed E-state index contributed by atoms with van der Waals surface area (Å²) >= 11 is 0. The zero-order chi connectivity index (χ0) is 13.4. The molecule has 1 aliphatic rings. The van der Waals surface area contributed by atoms with E-state index < -0.39 is 0 Å². The van der Waals surface area contributed by atoms with Crippen LogP contribution in [0.2, 0.25) is 0 Å². The highest BCUT2D eigenvalue weighted by atomic mass is 16.5. The van der Waals surface area contributed by atoms with Gasteiger partial charge in [-0.05, 0) is 37.6 Å². The molecule has 4 unspecified atom stereocenters. The molecule has 0 radical (unpaired) electrons. The number of rotatable bonds is 8. The number of ether oxygens (including phenoxy) is 1. The molecule has 1 fully saturated rings. The summed E-state index contributed by atoms with van der Waals surface area (Å²) in [4.78, 5) is 0. The molecule has 0 amide bonds. The van der Waals surface area contributed by atoms with Crippen molar-refractivity contribution in [2.45, 2.75) is 77.9 Å². The molecule has 4 atom stereocenters. The van der Waals surface area contributed by atoms with E-state index in [-0.39, 0.29) is 0 Å². The maximum Gasteiger partial charge on any atom is 0.0726 e. The van der Waals surface area contributed by atoms with Gasteiger partial charge < -0.3 is 10.1 Å². The van der Waals surface area contributed by atoms with E-state index in [0.29, 0.717) is 12.1 Å². The largest absolute Gasteiger partial charge is 0.380 e. The second-order valence-corrected chi connectivity index (χ2v) is 5.85. The highest BCUT2D eigenvalue weighted by Gasteiger charge is 2.32. The van der Waals surface area contributed by atoms with Gasteiger partial charge in [0.05, 0.1) is 6.10 Å². The van der Waals surface area contributed by atoms with E-state index in [4.69, 9.17) is 4.74 Å². The Kier molecular flexibility index (Phi) is 7.92. The van der Waals surface area contributed by atoms with E-state index in [1.165, 1.54) is 44.9 Å². The van der Waals surface area contributed by atoms with Gasteiger partial charge in [-0.15, -0.1) is 0 Å². The van der Waals surface area contributed by atoms with Gasteiger partial charge in [-0.25, -0.2) is 0 Å². The molecule has 108 valence electrons. The molecule has 0 aromatic heterocycles. The fraction of sp³-hybridized carbons (Fsp3) is 1.00. The van der Waals surface area contributed by atoms with Crippen LogP contribution in [0.15, 0.2) is 0 Å². The minimum absolute atomic E-state index is 0.399. The Morgan fingerprint density at radius 1 is 1.22 bits per heavy atom. The molecule has 1 saturated carbocycles. The fourth-order valence-corrected chi connectivity index (χ4v) is 3.60. The first-order valence-corrected chi connectivity index (χ1v) is 8.02. The average Bonchev–Trinajstić information content (AvgIpc) is 2.42. The van der Waals surface area contributed by atoms with Gasteiger partial charge in [0.25, 0.3) is 0 Å². The average molecular weight is 255 g/mol. The fourth-order valence-electron chi connectivity index (χ4n) is 3.60. The Morgan fingerprint density at radius 2 is 2.00 bits per heavy atom. The molecule has 0 aliphatic heterocycles. The molecule has 2 heteroatoms. The first-order chi connectivity index (χ1) is 8.76. The number of hydrogen-bond donors (Lipinski definition) is 1. The van der Waals surface area contributed by atoms with E-state index in [1.54, 1.807) is 0 Å². The molecular formula is C16H33NO. The van der Waals surface area contributed by atoms with Crippen molar-refractivity contribution < 1.29 is 4.74 Å². The van der Waals surface area contributed by atoms with Gasteiger partial charge in [-0.3, -0.25) is 0 Å². The van der Waals surface area contributed by atoms with Crippen LogP contribution in [0.3, 0.4) is 0 Å². The van der Waals surface area contributed by atoms with Gasteiger partial charge >= 0.3 is 0 Å². The van der Waals surface area contributed by atoms with Crippen LogP contribution in [-0.4, -0.2) is 25.8 Å². The molecule has 0 spiro atoms. The Morgan fingerprint density at radius 3 is 2.56 bits per heavy atom. The molecule has 1 aliphatic carbocycles. The van der Waals surface area contributed by atoms with Crippen LogP contribution >= 0.6 is 0 Å². The van der Waals surface area contributed by atoms with E-state index in [2.05, 4.69) is 26.1 Å². The summed E-state index contributed by atoms with van der Waals surface area (Å²) in [5.41, 5.74) is 0. The standard InChI is InChI=1S/C16H33NO/c1-5-9-15(18-4)16(17-7-3)14-11-8-10-13(6-2)12-14/h13-17H,5-12H2,1-4H3. The maximum atomic E-state index is 5.77. The van der Waals surface area contributed by atoms with Crippen molar-refractivity contribution >= 4 is 0 Å². The van der Waals surface area contributed by atoms with Gasteiger partial charge in [-0.2, -0.15) is 0 Å². The Balaban J connectivity index is 2.63. The minimum Gasteiger partial charge on any atom is -0.380 e. The molecule has 2 nitrogen and oxygen atoms in total. The van der Waals surface area contributed by atoms with Crippen molar-refractivity contribution in [2.75, 3.05) is 13.7 Å². The normalized spacial score (nSPS) is 28.0. The summed E-state index contributed by atoms with van der Waals surface area (Å²) in [5, 5.41) is 3.71. The summed E-state index contributed by atoms with van der Waals surface area (Å²) in [5.74, 6) is 1.77. The number of methoxy groups -OCH3 is 1. The van der Waals surface area contributed by atoms with Crippen LogP contribution in [0.1, 0.15) is 65.7 Å². The third-order valence-electron chi connectivity index (χ3n) is 4.62. The number of likely N-dealkylation sites (N-methyl/N-ethyl adjacent to an activating group) is 1. The number of hydrogen-bond acceptors (Lipinski definition) is 2. The smallest absolute Gasteiger partial charge is 0.0726 e. The summed E-state index contributed by atoms with van der Waals surface area (Å²) in [7, 11) is 1.88. The molecule has 0 heterocycles.